The summed E-state index contributed by atoms with van der Waals surface area (Å²) < 4.78 is 11.7. The monoisotopic (exact) mass is 1120 g/mol. The van der Waals surface area contributed by atoms with E-state index in [2.05, 4.69) is 314 Å². The van der Waals surface area contributed by atoms with Gasteiger partial charge in [0.1, 0.15) is 11.2 Å². The third-order valence-corrected chi connectivity index (χ3v) is 19.1. The van der Waals surface area contributed by atoms with E-state index < -0.39 is 0 Å². The Kier molecular flexibility index (Phi) is 10.3. The van der Waals surface area contributed by atoms with E-state index in [0.717, 1.165) is 78.6 Å². The van der Waals surface area contributed by atoms with Crippen molar-refractivity contribution in [2.75, 3.05) is 14.7 Å². The Hall–Kier alpha value is -10.5. The van der Waals surface area contributed by atoms with Gasteiger partial charge >= 0.3 is 0 Å². The molecule has 0 saturated carbocycles. The molecule has 87 heavy (non-hydrogen) atoms. The molecule has 6 heterocycles. The molecule has 0 unspecified atom stereocenters. The van der Waals surface area contributed by atoms with Crippen molar-refractivity contribution in [3.63, 3.8) is 0 Å². The molecule has 0 spiro atoms. The van der Waals surface area contributed by atoms with E-state index in [4.69, 9.17) is 4.42 Å². The predicted molar refractivity (Wildman–Crippen MR) is 367 cm³/mol. The summed E-state index contributed by atoms with van der Waals surface area (Å²) in [6.07, 6.45) is 0. The average molecular weight is 1120 g/mol. The Morgan fingerprint density at radius 1 is 0.368 bits per heavy atom. The van der Waals surface area contributed by atoms with Gasteiger partial charge in [0, 0.05) is 77.7 Å². The molecule has 0 N–H and O–H groups in total. The summed E-state index contributed by atoms with van der Waals surface area (Å²) in [7, 11) is 0. The minimum absolute atomic E-state index is 0.0267. The highest BCUT2D eigenvalue weighted by Crippen LogP contribution is 2.54. The normalized spacial score (nSPS) is 13.3. The molecular formula is C80H60BN5O. The molecule has 0 saturated heterocycles. The molecule has 3 aliphatic heterocycles. The molecular weight excluding hydrogens is 1060 g/mol. The second-order valence-electron chi connectivity index (χ2n) is 26.1. The highest BCUT2D eigenvalue weighted by atomic mass is 16.3. The molecule has 0 amide bonds. The number of aromatic nitrogens is 2. The van der Waals surface area contributed by atoms with E-state index in [9.17, 15) is 0 Å². The number of rotatable bonds is 6. The van der Waals surface area contributed by atoms with Crippen LogP contribution < -0.4 is 31.1 Å². The second kappa shape index (κ2) is 18.0. The Morgan fingerprint density at radius 2 is 0.943 bits per heavy atom. The lowest BCUT2D eigenvalue weighted by Gasteiger charge is -2.46. The molecule has 18 rings (SSSR count). The van der Waals surface area contributed by atoms with Gasteiger partial charge in [-0.25, -0.2) is 0 Å². The van der Waals surface area contributed by atoms with E-state index >= 15 is 0 Å². The van der Waals surface area contributed by atoms with Gasteiger partial charge in [0.05, 0.1) is 44.8 Å². The first kappa shape index (κ1) is 49.9. The molecule has 15 aromatic rings. The van der Waals surface area contributed by atoms with E-state index in [-0.39, 0.29) is 17.5 Å². The molecule has 0 fully saturated rings. The summed E-state index contributed by atoms with van der Waals surface area (Å²) >= 11 is 0. The largest absolute Gasteiger partial charge is 0.455 e. The SMILES string of the molecule is CC(C)(C)c1ccc2c(c1)c1cc(C(C)(C)C)ccc1n2-c1ccc2c(c1)N(c1ccc(-c3cccc4c3oc3ccccc34)cc1)c1cc(N(c3ccccc3)c3ccccc3)cc3c1B2c1cccc2c1N3c1cccc3c4ccccc4n-2c13. The highest BCUT2D eigenvalue weighted by Gasteiger charge is 2.47. The van der Waals surface area contributed by atoms with Crippen LogP contribution in [0.3, 0.4) is 0 Å². The quantitative estimate of drug-likeness (QED) is 0.155. The third-order valence-electron chi connectivity index (χ3n) is 19.1. The number of anilines is 9. The molecule has 6 nitrogen and oxygen atoms in total. The van der Waals surface area contributed by atoms with Gasteiger partial charge in [0.25, 0.3) is 6.71 Å². The average Bonchev–Trinajstić information content (AvgIpc) is 1.65. The summed E-state index contributed by atoms with van der Waals surface area (Å²) in [4.78, 5) is 7.63. The van der Waals surface area contributed by atoms with Crippen LogP contribution in [-0.2, 0) is 10.8 Å². The van der Waals surface area contributed by atoms with Crippen LogP contribution in [-0.4, -0.2) is 15.8 Å². The van der Waals surface area contributed by atoms with Crippen molar-refractivity contribution in [1.29, 1.82) is 0 Å². The van der Waals surface area contributed by atoms with Crippen LogP contribution in [0.2, 0.25) is 0 Å². The van der Waals surface area contributed by atoms with Gasteiger partial charge in [0.15, 0.2) is 0 Å². The van der Waals surface area contributed by atoms with Crippen LogP contribution in [0.15, 0.2) is 259 Å². The first-order chi connectivity index (χ1) is 42.4. The van der Waals surface area contributed by atoms with E-state index in [1.165, 1.54) is 88.2 Å². The molecule has 0 bridgehead atoms. The fourth-order valence-corrected chi connectivity index (χ4v) is 15.0. The summed E-state index contributed by atoms with van der Waals surface area (Å²) in [6.45, 7) is 13.8. The van der Waals surface area contributed by atoms with Crippen LogP contribution in [0.4, 0.5) is 51.2 Å². The maximum absolute atomic E-state index is 6.68. The standard InChI is InChI=1S/C80H60BN5O/c1-79(2,3)50-36-42-67-62(44-50)63-45-51(80(4,5)6)37-43-68(63)84(67)55-40-41-64-71(46-55)83(54-38-34-49(35-39-54)57-26-17-28-61-59-25-14-16-33-74(59)87-78(57)61)72-47-56(82(52-20-9-7-10-21-52)53-22-11-8-12-23-53)48-73-75(72)81(64)65-29-19-32-70-77(65)86(73)69-31-18-27-60-58-24-13-15-30-66(58)85(70)76(60)69/h7-48H,1-6H3. The number of para-hydroxylation sites is 7. The first-order valence-corrected chi connectivity index (χ1v) is 30.5. The van der Waals surface area contributed by atoms with Crippen LogP contribution in [0.1, 0.15) is 52.7 Å². The fourth-order valence-electron chi connectivity index (χ4n) is 15.0. The first-order valence-electron chi connectivity index (χ1n) is 30.5. The summed E-state index contributed by atoms with van der Waals surface area (Å²) in [5.74, 6) is 0. The summed E-state index contributed by atoms with van der Waals surface area (Å²) in [6, 6.07) is 95.4. The Labute approximate surface area is 506 Å². The number of fused-ring (bicyclic) bond motifs is 15. The van der Waals surface area contributed by atoms with Gasteiger partial charge < -0.3 is 28.3 Å². The van der Waals surface area contributed by atoms with Gasteiger partial charge in [-0.1, -0.05) is 187 Å². The Bertz CT molecular complexity index is 5280. The number of hydrogen-bond donors (Lipinski definition) is 0. The van der Waals surface area contributed by atoms with Crippen molar-refractivity contribution >= 4 is 140 Å². The molecule has 3 aromatic heterocycles. The zero-order valence-corrected chi connectivity index (χ0v) is 49.5. The topological polar surface area (TPSA) is 32.7 Å². The van der Waals surface area contributed by atoms with Crippen molar-refractivity contribution < 1.29 is 4.42 Å². The second-order valence-corrected chi connectivity index (χ2v) is 26.1. The van der Waals surface area contributed by atoms with Crippen LogP contribution >= 0.6 is 0 Å². The van der Waals surface area contributed by atoms with Gasteiger partial charge in [-0.15, -0.1) is 0 Å². The summed E-state index contributed by atoms with van der Waals surface area (Å²) in [5.41, 5.74) is 27.5. The van der Waals surface area contributed by atoms with Gasteiger partial charge in [-0.3, -0.25) is 0 Å². The van der Waals surface area contributed by atoms with Crippen molar-refractivity contribution in [2.45, 2.75) is 52.4 Å². The van der Waals surface area contributed by atoms with E-state index in [0.29, 0.717) is 0 Å². The maximum Gasteiger partial charge on any atom is 0.252 e. The minimum atomic E-state index is -0.133. The van der Waals surface area contributed by atoms with E-state index in [1.54, 1.807) is 0 Å². The van der Waals surface area contributed by atoms with Crippen LogP contribution in [0.5, 0.6) is 0 Å². The van der Waals surface area contributed by atoms with Crippen molar-refractivity contribution in [1.82, 2.24) is 9.13 Å². The molecule has 0 aliphatic carbocycles. The molecule has 0 atom stereocenters. The number of furan rings is 1. The number of benzene rings is 12. The maximum atomic E-state index is 6.68. The predicted octanol–water partition coefficient (Wildman–Crippen LogP) is 19.9. The van der Waals surface area contributed by atoms with Gasteiger partial charge in [0.2, 0.25) is 0 Å². The highest BCUT2D eigenvalue weighted by molar-refractivity contribution is 7.00. The van der Waals surface area contributed by atoms with Crippen molar-refractivity contribution in [2.24, 2.45) is 0 Å². The van der Waals surface area contributed by atoms with Gasteiger partial charge in [-0.2, -0.15) is 0 Å². The number of nitrogens with zero attached hydrogens (tertiary/aromatic N) is 5. The number of hydrogen-bond acceptors (Lipinski definition) is 4. The smallest absolute Gasteiger partial charge is 0.252 e. The zero-order chi connectivity index (χ0) is 58.2. The van der Waals surface area contributed by atoms with Crippen LogP contribution in [0, 0.1) is 0 Å². The van der Waals surface area contributed by atoms with Gasteiger partial charge in [-0.05, 0) is 153 Å². The van der Waals surface area contributed by atoms with Crippen molar-refractivity contribution in [3.8, 4) is 22.5 Å². The molecule has 12 aromatic carbocycles. The summed E-state index contributed by atoms with van der Waals surface area (Å²) in [5, 5.41) is 7.27. The van der Waals surface area contributed by atoms with Crippen LogP contribution in [0.25, 0.3) is 88.1 Å². The Morgan fingerprint density at radius 3 is 1.64 bits per heavy atom. The molecule has 3 aliphatic rings. The zero-order valence-electron chi connectivity index (χ0n) is 49.5. The molecule has 0 radical (unpaired) electrons. The molecule has 414 valence electrons. The third kappa shape index (κ3) is 7.17. The minimum Gasteiger partial charge on any atom is -0.455 e. The van der Waals surface area contributed by atoms with E-state index in [1.807, 2.05) is 6.07 Å². The Balaban J connectivity index is 0.947. The molecule has 7 heteroatoms. The fraction of sp³-hybridized carbons (Fsp3) is 0.100. The lowest BCUT2D eigenvalue weighted by molar-refractivity contribution is 0.590. The lowest BCUT2D eigenvalue weighted by atomic mass is 9.33. The lowest BCUT2D eigenvalue weighted by Crippen LogP contribution is -2.61. The van der Waals surface area contributed by atoms with Crippen molar-refractivity contribution in [3.05, 3.63) is 266 Å².